The van der Waals surface area contributed by atoms with Crippen LogP contribution in [0.4, 0.5) is 0 Å². The van der Waals surface area contributed by atoms with E-state index in [-0.39, 0.29) is 12.1 Å². The van der Waals surface area contributed by atoms with Gasteiger partial charge in [-0.25, -0.2) is 0 Å². The molecule has 1 fully saturated rings. The summed E-state index contributed by atoms with van der Waals surface area (Å²) in [5, 5.41) is 0. The van der Waals surface area contributed by atoms with Gasteiger partial charge in [-0.3, -0.25) is 4.79 Å². The van der Waals surface area contributed by atoms with Gasteiger partial charge in [0.15, 0.2) is 0 Å². The van der Waals surface area contributed by atoms with E-state index in [0.29, 0.717) is 11.3 Å². The lowest BCUT2D eigenvalue weighted by Crippen LogP contribution is -2.22. The first-order chi connectivity index (χ1) is 5.59. The van der Waals surface area contributed by atoms with Crippen molar-refractivity contribution in [3.63, 3.8) is 0 Å². The van der Waals surface area contributed by atoms with Gasteiger partial charge in [0.2, 0.25) is 0 Å². The number of esters is 1. The topological polar surface area (TPSA) is 26.3 Å². The molecule has 0 aromatic heterocycles. The second kappa shape index (κ2) is 2.35. The maximum Gasteiger partial charge on any atom is 0.302 e. The summed E-state index contributed by atoms with van der Waals surface area (Å²) in [4.78, 5) is 10.7. The Morgan fingerprint density at radius 2 is 2.33 bits per heavy atom. The molecule has 0 aromatic carbocycles. The summed E-state index contributed by atoms with van der Waals surface area (Å²) in [5.41, 5.74) is 0.310. The van der Waals surface area contributed by atoms with Gasteiger partial charge in [-0.15, -0.1) is 0 Å². The third-order valence-corrected chi connectivity index (χ3v) is 2.91. The molecule has 2 nitrogen and oxygen atoms in total. The lowest BCUT2D eigenvalue weighted by Gasteiger charge is -2.21. The molecule has 0 amide bonds. The smallest absolute Gasteiger partial charge is 0.302 e. The van der Waals surface area contributed by atoms with Gasteiger partial charge in [0.25, 0.3) is 0 Å². The minimum atomic E-state index is -0.149. The van der Waals surface area contributed by atoms with E-state index in [1.807, 2.05) is 0 Å². The fourth-order valence-corrected chi connectivity index (χ4v) is 2.39. The van der Waals surface area contributed by atoms with Crippen molar-refractivity contribution in [1.29, 1.82) is 0 Å². The molecule has 2 heteroatoms. The number of fused-ring (bicyclic) bond motifs is 2. The zero-order valence-electron chi connectivity index (χ0n) is 7.54. The maximum atomic E-state index is 10.7. The van der Waals surface area contributed by atoms with Gasteiger partial charge in [0.1, 0.15) is 6.10 Å². The number of ether oxygens (including phenoxy) is 1. The maximum absolute atomic E-state index is 10.7. The van der Waals surface area contributed by atoms with Crippen molar-refractivity contribution < 1.29 is 9.53 Å². The molecule has 0 aliphatic heterocycles. The molecule has 0 spiro atoms. The quantitative estimate of drug-likeness (QED) is 0.439. The van der Waals surface area contributed by atoms with Crippen LogP contribution in [-0.4, -0.2) is 12.1 Å². The summed E-state index contributed by atoms with van der Waals surface area (Å²) in [6, 6.07) is 0. The van der Waals surface area contributed by atoms with E-state index in [4.69, 9.17) is 4.74 Å². The summed E-state index contributed by atoms with van der Waals surface area (Å²) >= 11 is 0. The summed E-state index contributed by atoms with van der Waals surface area (Å²) in [6.07, 6.45) is 6.77. The van der Waals surface area contributed by atoms with Crippen LogP contribution in [0.15, 0.2) is 12.2 Å². The van der Waals surface area contributed by atoms with Crippen LogP contribution in [0.5, 0.6) is 0 Å². The van der Waals surface area contributed by atoms with Crippen molar-refractivity contribution >= 4 is 5.97 Å². The minimum Gasteiger partial charge on any atom is -0.462 e. The van der Waals surface area contributed by atoms with Gasteiger partial charge in [0, 0.05) is 12.8 Å². The highest BCUT2D eigenvalue weighted by atomic mass is 16.5. The van der Waals surface area contributed by atoms with Crippen molar-refractivity contribution in [2.24, 2.45) is 11.3 Å². The Morgan fingerprint density at radius 1 is 1.58 bits per heavy atom. The predicted molar refractivity (Wildman–Crippen MR) is 45.5 cm³/mol. The van der Waals surface area contributed by atoms with Crippen molar-refractivity contribution in [3.8, 4) is 0 Å². The van der Waals surface area contributed by atoms with Crippen LogP contribution < -0.4 is 0 Å². The highest BCUT2D eigenvalue weighted by molar-refractivity contribution is 5.66. The molecule has 0 aromatic rings. The molecule has 0 radical (unpaired) electrons. The van der Waals surface area contributed by atoms with Crippen LogP contribution in [0.1, 0.15) is 26.7 Å². The Balaban J connectivity index is 2.05. The average molecular weight is 166 g/mol. The fourth-order valence-electron chi connectivity index (χ4n) is 2.39. The number of hydrogen-bond donors (Lipinski definition) is 0. The lowest BCUT2D eigenvalue weighted by molar-refractivity contribution is -0.147. The number of carbonyl (C=O) groups excluding carboxylic acids is 1. The molecule has 1 saturated carbocycles. The van der Waals surface area contributed by atoms with Crippen LogP contribution in [-0.2, 0) is 9.53 Å². The Hall–Kier alpha value is -0.790. The largest absolute Gasteiger partial charge is 0.462 e. The molecular weight excluding hydrogens is 152 g/mol. The number of rotatable bonds is 1. The second-order valence-corrected chi connectivity index (χ2v) is 4.23. The molecule has 2 rings (SSSR count). The van der Waals surface area contributed by atoms with Crippen LogP contribution in [0.25, 0.3) is 0 Å². The summed E-state index contributed by atoms with van der Waals surface area (Å²) in [6.45, 7) is 3.71. The van der Waals surface area contributed by atoms with E-state index in [1.165, 1.54) is 6.92 Å². The first kappa shape index (κ1) is 7.84. The second-order valence-electron chi connectivity index (χ2n) is 4.23. The molecular formula is C10H14O2. The molecule has 0 N–H and O–H groups in total. The third kappa shape index (κ3) is 1.15. The van der Waals surface area contributed by atoms with Crippen LogP contribution in [0, 0.1) is 11.3 Å². The Kier molecular flexibility index (Phi) is 1.53. The lowest BCUT2D eigenvalue weighted by atomic mass is 9.90. The summed E-state index contributed by atoms with van der Waals surface area (Å²) < 4.78 is 5.22. The zero-order valence-corrected chi connectivity index (χ0v) is 7.54. The fraction of sp³-hybridized carbons (Fsp3) is 0.700. The number of carbonyl (C=O) groups is 1. The molecule has 0 heterocycles. The average Bonchev–Trinajstić information content (AvgIpc) is 2.40. The van der Waals surface area contributed by atoms with Crippen molar-refractivity contribution in [2.75, 3.05) is 0 Å². The summed E-state index contributed by atoms with van der Waals surface area (Å²) in [7, 11) is 0. The predicted octanol–water partition coefficient (Wildman–Crippen LogP) is 1.90. The molecule has 0 saturated heterocycles. The normalized spacial score (nSPS) is 43.5. The molecule has 3 unspecified atom stereocenters. The van der Waals surface area contributed by atoms with Crippen LogP contribution in [0.2, 0.25) is 0 Å². The van der Waals surface area contributed by atoms with Crippen molar-refractivity contribution in [2.45, 2.75) is 32.8 Å². The van der Waals surface area contributed by atoms with Crippen LogP contribution >= 0.6 is 0 Å². The molecule has 2 aliphatic rings. The van der Waals surface area contributed by atoms with E-state index < -0.39 is 0 Å². The Labute approximate surface area is 72.6 Å². The van der Waals surface area contributed by atoms with E-state index in [0.717, 1.165) is 12.8 Å². The zero-order chi connectivity index (χ0) is 8.77. The standard InChI is InChI=1S/C10H14O2/c1-7(11)12-9-6-10(2)4-3-8(9)5-10/h3-4,8-9H,5-6H2,1-2H3. The Morgan fingerprint density at radius 3 is 2.75 bits per heavy atom. The first-order valence-corrected chi connectivity index (χ1v) is 4.46. The van der Waals surface area contributed by atoms with E-state index in [9.17, 15) is 4.79 Å². The number of hydrogen-bond acceptors (Lipinski definition) is 2. The molecule has 2 bridgehead atoms. The summed E-state index contributed by atoms with van der Waals surface area (Å²) in [5.74, 6) is 0.337. The van der Waals surface area contributed by atoms with Gasteiger partial charge in [-0.1, -0.05) is 19.1 Å². The Bertz CT molecular complexity index is 244. The highest BCUT2D eigenvalue weighted by Crippen LogP contribution is 2.49. The van der Waals surface area contributed by atoms with Crippen molar-refractivity contribution in [3.05, 3.63) is 12.2 Å². The monoisotopic (exact) mass is 166 g/mol. The van der Waals surface area contributed by atoms with Crippen molar-refractivity contribution in [1.82, 2.24) is 0 Å². The highest BCUT2D eigenvalue weighted by Gasteiger charge is 2.45. The van der Waals surface area contributed by atoms with Gasteiger partial charge >= 0.3 is 5.97 Å². The van der Waals surface area contributed by atoms with Crippen LogP contribution in [0.3, 0.4) is 0 Å². The first-order valence-electron chi connectivity index (χ1n) is 4.46. The number of allylic oxidation sites excluding steroid dienone is 1. The van der Waals surface area contributed by atoms with Gasteiger partial charge < -0.3 is 4.74 Å². The third-order valence-electron chi connectivity index (χ3n) is 2.91. The molecule has 2 aliphatic carbocycles. The van der Waals surface area contributed by atoms with E-state index in [2.05, 4.69) is 19.1 Å². The SMILES string of the molecule is CC(=O)OC1CC2(C)C=CC1C2. The van der Waals surface area contributed by atoms with E-state index >= 15 is 0 Å². The van der Waals surface area contributed by atoms with Gasteiger partial charge in [-0.2, -0.15) is 0 Å². The van der Waals surface area contributed by atoms with Gasteiger partial charge in [-0.05, 0) is 18.3 Å². The molecule has 66 valence electrons. The van der Waals surface area contributed by atoms with E-state index in [1.54, 1.807) is 0 Å². The molecule has 3 atom stereocenters. The molecule has 12 heavy (non-hydrogen) atoms. The van der Waals surface area contributed by atoms with Gasteiger partial charge in [0.05, 0.1) is 0 Å². The minimum absolute atomic E-state index is 0.149.